The molecule has 0 aliphatic heterocycles. The van der Waals surface area contributed by atoms with Gasteiger partial charge >= 0.3 is 10.4 Å². The van der Waals surface area contributed by atoms with Crippen molar-refractivity contribution in [2.24, 2.45) is 0 Å². The summed E-state index contributed by atoms with van der Waals surface area (Å²) in [5.74, 6) is 0. The molecular formula is C16H24O5S3. The van der Waals surface area contributed by atoms with Crippen molar-refractivity contribution in [1.82, 2.24) is 0 Å². The molecule has 2 aromatic carbocycles. The summed E-state index contributed by atoms with van der Waals surface area (Å²) in [6, 6.07) is 18.7. The van der Waals surface area contributed by atoms with Gasteiger partial charge in [-0.05, 0) is 49.3 Å². The molecule has 0 saturated carbocycles. The Bertz CT molecular complexity index is 684. The number of hydrogen-bond acceptors (Lipinski definition) is 4. The Morgan fingerprint density at radius 1 is 0.625 bits per heavy atom. The molecule has 2 rings (SSSR count). The zero-order chi connectivity index (χ0) is 17.1. The Labute approximate surface area is 147 Å². The van der Waals surface area contributed by atoms with E-state index in [1.165, 1.54) is 0 Å². The maximum absolute atomic E-state index is 12.4. The van der Waals surface area contributed by atoms with Crippen molar-refractivity contribution in [3.05, 3.63) is 60.7 Å². The van der Waals surface area contributed by atoms with Crippen LogP contribution in [-0.2, 0) is 17.7 Å². The van der Waals surface area contributed by atoms with Crippen LogP contribution < -0.4 is 0 Å². The van der Waals surface area contributed by atoms with Gasteiger partial charge < -0.3 is 5.48 Å². The lowest BCUT2D eigenvalue weighted by atomic mass is 10.4. The van der Waals surface area contributed by atoms with Crippen LogP contribution in [0.4, 0.5) is 0 Å². The van der Waals surface area contributed by atoms with E-state index in [-0.39, 0.29) is 5.48 Å². The van der Waals surface area contributed by atoms with Gasteiger partial charge in [-0.3, -0.25) is 0 Å². The molecule has 0 aromatic heterocycles. The van der Waals surface area contributed by atoms with E-state index in [2.05, 4.69) is 0 Å². The lowest BCUT2D eigenvalue weighted by Crippen LogP contribution is -2.16. The van der Waals surface area contributed by atoms with Gasteiger partial charge in [-0.25, -0.2) is 0 Å². The van der Waals surface area contributed by atoms with Crippen molar-refractivity contribution in [2.75, 3.05) is 25.0 Å². The molecule has 0 heterocycles. The monoisotopic (exact) mass is 392 g/mol. The molecule has 0 unspecified atom stereocenters. The number of hydrogen-bond donors (Lipinski definition) is 0. The average Bonchev–Trinajstić information content (AvgIpc) is 2.47. The first kappa shape index (κ1) is 21.0. The summed E-state index contributed by atoms with van der Waals surface area (Å²) >= 11 is 0. The third kappa shape index (κ3) is 5.51. The van der Waals surface area contributed by atoms with E-state index in [1.54, 1.807) is 25.0 Å². The largest absolute Gasteiger partial charge is 0.419 e. The highest BCUT2D eigenvalue weighted by molar-refractivity contribution is 8.34. The molecule has 0 atom stereocenters. The summed E-state index contributed by atoms with van der Waals surface area (Å²) in [6.07, 6.45) is 7.14. The Morgan fingerprint density at radius 2 is 0.917 bits per heavy atom. The second-order valence-corrected chi connectivity index (χ2v) is 13.4. The summed E-state index contributed by atoms with van der Waals surface area (Å²) in [7, 11) is -8.06. The van der Waals surface area contributed by atoms with Crippen LogP contribution in [0.15, 0.2) is 70.5 Å². The molecule has 2 N–H and O–H groups in total. The first-order valence-corrected chi connectivity index (χ1v) is 12.9. The van der Waals surface area contributed by atoms with Crippen LogP contribution in [0.1, 0.15) is 0 Å². The molecule has 8 heteroatoms. The van der Waals surface area contributed by atoms with Gasteiger partial charge in [0.25, 0.3) is 0 Å². The van der Waals surface area contributed by atoms with Gasteiger partial charge in [-0.2, -0.15) is 15.7 Å². The minimum Gasteiger partial charge on any atom is -0.412 e. The van der Waals surface area contributed by atoms with Crippen LogP contribution in [0, 0.1) is 0 Å². The SMILES string of the molecule is CS(C)(OS(=O)(=O)OS(C)(C)c1ccccc1)c1ccccc1.O. The average molecular weight is 393 g/mol. The minimum absolute atomic E-state index is 0. The highest BCUT2D eigenvalue weighted by Crippen LogP contribution is 2.56. The Morgan fingerprint density at radius 3 is 1.21 bits per heavy atom. The third-order valence-electron chi connectivity index (χ3n) is 3.13. The molecule has 0 amide bonds. The van der Waals surface area contributed by atoms with Crippen molar-refractivity contribution in [3.63, 3.8) is 0 Å². The van der Waals surface area contributed by atoms with Crippen LogP contribution in [-0.4, -0.2) is 38.9 Å². The van der Waals surface area contributed by atoms with Crippen LogP contribution in [0.5, 0.6) is 0 Å². The zero-order valence-electron chi connectivity index (χ0n) is 14.1. The standard InChI is InChI=1S/C16H22O4S3.H2O/c1-21(2,15-11-7-5-8-12-15)19-23(17,18)20-22(3,4)16-13-9-6-10-14-16;/h5-14H,1-4H3;1H2. The second-order valence-electron chi connectivity index (χ2n) is 5.64. The molecular weight excluding hydrogens is 368 g/mol. The Balaban J connectivity index is 0.00000288. The van der Waals surface area contributed by atoms with Crippen molar-refractivity contribution in [3.8, 4) is 0 Å². The molecule has 0 radical (unpaired) electrons. The maximum Gasteiger partial charge on any atom is 0.419 e. The van der Waals surface area contributed by atoms with Gasteiger partial charge in [0, 0.05) is 9.79 Å². The van der Waals surface area contributed by atoms with Gasteiger partial charge in [0.15, 0.2) is 0 Å². The maximum atomic E-state index is 12.4. The fourth-order valence-electron chi connectivity index (χ4n) is 2.00. The fraction of sp³-hybridized carbons (Fsp3) is 0.250. The first-order valence-electron chi connectivity index (χ1n) is 6.86. The van der Waals surface area contributed by atoms with Crippen LogP contribution in [0.2, 0.25) is 0 Å². The molecule has 0 aliphatic carbocycles. The predicted octanol–water partition coefficient (Wildman–Crippen LogP) is 3.52. The van der Waals surface area contributed by atoms with Crippen molar-refractivity contribution >= 4 is 31.0 Å². The normalized spacial score (nSPS) is 13.8. The minimum atomic E-state index is -4.12. The second kappa shape index (κ2) is 7.90. The molecule has 0 fully saturated rings. The zero-order valence-corrected chi connectivity index (χ0v) is 16.6. The summed E-state index contributed by atoms with van der Waals surface area (Å²) < 4.78 is 35.7. The molecule has 5 nitrogen and oxygen atoms in total. The van der Waals surface area contributed by atoms with Crippen molar-refractivity contribution in [2.45, 2.75) is 9.79 Å². The summed E-state index contributed by atoms with van der Waals surface area (Å²) in [6.45, 7) is 0. The van der Waals surface area contributed by atoms with E-state index in [0.29, 0.717) is 0 Å². The quantitative estimate of drug-likeness (QED) is 0.753. The molecule has 24 heavy (non-hydrogen) atoms. The van der Waals surface area contributed by atoms with Gasteiger partial charge in [-0.1, -0.05) is 57.0 Å². The van der Waals surface area contributed by atoms with E-state index in [4.69, 9.17) is 7.26 Å². The third-order valence-corrected chi connectivity index (χ3v) is 10.00. The van der Waals surface area contributed by atoms with Gasteiger partial charge in [0.2, 0.25) is 0 Å². The van der Waals surface area contributed by atoms with E-state index in [0.717, 1.165) is 9.79 Å². The Kier molecular flexibility index (Phi) is 6.92. The lowest BCUT2D eigenvalue weighted by molar-refractivity contribution is 0.427. The van der Waals surface area contributed by atoms with Gasteiger partial charge in [0.05, 0.1) is 0 Å². The first-order chi connectivity index (χ1) is 10.6. The molecule has 0 spiro atoms. The highest BCUT2D eigenvalue weighted by Gasteiger charge is 2.30. The summed E-state index contributed by atoms with van der Waals surface area (Å²) in [5.41, 5.74) is 0. The molecule has 2 aromatic rings. The smallest absolute Gasteiger partial charge is 0.412 e. The van der Waals surface area contributed by atoms with Gasteiger partial charge in [0.1, 0.15) is 0 Å². The topological polar surface area (TPSA) is 84.1 Å². The molecule has 0 aliphatic rings. The highest BCUT2D eigenvalue weighted by atomic mass is 32.4. The lowest BCUT2D eigenvalue weighted by Gasteiger charge is -2.34. The van der Waals surface area contributed by atoms with Crippen LogP contribution in [0.25, 0.3) is 0 Å². The summed E-state index contributed by atoms with van der Waals surface area (Å²) in [4.78, 5) is 1.69. The number of benzene rings is 2. The van der Waals surface area contributed by atoms with E-state index in [1.807, 2.05) is 60.7 Å². The molecule has 0 saturated heterocycles. The van der Waals surface area contributed by atoms with Crippen molar-refractivity contribution < 1.29 is 21.2 Å². The Hall–Kier alpha value is -1.03. The number of rotatable bonds is 6. The van der Waals surface area contributed by atoms with E-state index in [9.17, 15) is 8.42 Å². The van der Waals surface area contributed by atoms with Crippen molar-refractivity contribution in [1.29, 1.82) is 0 Å². The van der Waals surface area contributed by atoms with Gasteiger partial charge in [-0.15, -0.1) is 0 Å². The fourth-order valence-corrected chi connectivity index (χ4v) is 7.88. The van der Waals surface area contributed by atoms with E-state index < -0.39 is 31.0 Å². The molecule has 0 bridgehead atoms. The van der Waals surface area contributed by atoms with Crippen LogP contribution >= 0.6 is 20.6 Å². The predicted molar refractivity (Wildman–Crippen MR) is 103 cm³/mol. The summed E-state index contributed by atoms with van der Waals surface area (Å²) in [5, 5.41) is 0. The van der Waals surface area contributed by atoms with Crippen LogP contribution in [0.3, 0.4) is 0 Å². The molecule has 136 valence electrons. The van der Waals surface area contributed by atoms with E-state index >= 15 is 0 Å².